The molecule has 0 saturated carbocycles. The molecule has 2 aromatic heterocycles. The Kier molecular flexibility index (Phi) is 3.58. The highest BCUT2D eigenvalue weighted by Crippen LogP contribution is 2.07. The Balaban J connectivity index is 1.84. The summed E-state index contributed by atoms with van der Waals surface area (Å²) in [5.41, 5.74) is 2.12. The molecule has 90 valence electrons. The highest BCUT2D eigenvalue weighted by molar-refractivity contribution is 7.12. The summed E-state index contributed by atoms with van der Waals surface area (Å²) < 4.78 is 1.91. The van der Waals surface area contributed by atoms with Crippen molar-refractivity contribution in [2.24, 2.45) is 0 Å². The highest BCUT2D eigenvalue weighted by Gasteiger charge is 2.06. The third-order valence-corrected chi connectivity index (χ3v) is 3.33. The smallest absolute Gasteiger partial charge is 0.261 e. The second-order valence-electron chi connectivity index (χ2n) is 3.88. The Bertz CT molecular complexity index is 502. The van der Waals surface area contributed by atoms with Gasteiger partial charge in [0.1, 0.15) is 0 Å². The van der Waals surface area contributed by atoms with E-state index in [-0.39, 0.29) is 5.91 Å². The number of nitrogens with zero attached hydrogens (tertiary/aromatic N) is 2. The molecular formula is C12H15N3OS. The van der Waals surface area contributed by atoms with Gasteiger partial charge < -0.3 is 5.32 Å². The number of amides is 1. The maximum atomic E-state index is 11.7. The van der Waals surface area contributed by atoms with Crippen LogP contribution in [0.5, 0.6) is 0 Å². The fourth-order valence-corrected chi connectivity index (χ4v) is 2.31. The van der Waals surface area contributed by atoms with Crippen molar-refractivity contribution >= 4 is 17.2 Å². The van der Waals surface area contributed by atoms with Gasteiger partial charge in [-0.05, 0) is 31.4 Å². The minimum atomic E-state index is -0.0125. The van der Waals surface area contributed by atoms with Crippen molar-refractivity contribution in [1.82, 2.24) is 15.1 Å². The molecule has 2 rings (SSSR count). The maximum absolute atomic E-state index is 11.7. The van der Waals surface area contributed by atoms with Crippen LogP contribution >= 0.6 is 11.3 Å². The van der Waals surface area contributed by atoms with Crippen molar-refractivity contribution in [1.29, 1.82) is 0 Å². The SMILES string of the molecule is Cc1cc(C)n(CCNC(=O)c2cccs2)n1. The largest absolute Gasteiger partial charge is 0.349 e. The topological polar surface area (TPSA) is 46.9 Å². The standard InChI is InChI=1S/C12H15N3OS/c1-9-8-10(2)15(14-9)6-5-13-12(16)11-4-3-7-17-11/h3-4,7-8H,5-6H2,1-2H3,(H,13,16). The monoisotopic (exact) mass is 249 g/mol. The van der Waals surface area contributed by atoms with Crippen LogP contribution in [0, 0.1) is 13.8 Å². The summed E-state index contributed by atoms with van der Waals surface area (Å²) in [6.45, 7) is 5.28. The molecule has 0 spiro atoms. The van der Waals surface area contributed by atoms with Gasteiger partial charge in [0.25, 0.3) is 5.91 Å². The van der Waals surface area contributed by atoms with E-state index in [1.165, 1.54) is 11.3 Å². The molecule has 5 heteroatoms. The summed E-state index contributed by atoms with van der Waals surface area (Å²) in [4.78, 5) is 12.4. The molecule has 2 heterocycles. The van der Waals surface area contributed by atoms with Crippen molar-refractivity contribution in [3.63, 3.8) is 0 Å². The van der Waals surface area contributed by atoms with Gasteiger partial charge in [-0.3, -0.25) is 9.48 Å². The van der Waals surface area contributed by atoms with Gasteiger partial charge in [-0.2, -0.15) is 5.10 Å². The highest BCUT2D eigenvalue weighted by atomic mass is 32.1. The predicted molar refractivity (Wildman–Crippen MR) is 68.4 cm³/mol. The Labute approximate surface area is 104 Å². The van der Waals surface area contributed by atoms with Crippen LogP contribution in [0.15, 0.2) is 23.6 Å². The van der Waals surface area contributed by atoms with E-state index in [4.69, 9.17) is 0 Å². The number of carbonyl (C=O) groups is 1. The molecule has 0 bridgehead atoms. The minimum absolute atomic E-state index is 0.0125. The predicted octanol–water partition coefficient (Wildman–Crippen LogP) is 1.99. The molecule has 0 aromatic carbocycles. The van der Waals surface area contributed by atoms with E-state index >= 15 is 0 Å². The normalized spacial score (nSPS) is 10.5. The number of rotatable bonds is 4. The quantitative estimate of drug-likeness (QED) is 0.900. The molecule has 1 amide bonds. The summed E-state index contributed by atoms with van der Waals surface area (Å²) in [6.07, 6.45) is 0. The van der Waals surface area contributed by atoms with Crippen molar-refractivity contribution < 1.29 is 4.79 Å². The number of hydrogen-bond donors (Lipinski definition) is 1. The third-order valence-electron chi connectivity index (χ3n) is 2.46. The minimum Gasteiger partial charge on any atom is -0.349 e. The van der Waals surface area contributed by atoms with Crippen LogP contribution < -0.4 is 5.32 Å². The number of hydrogen-bond acceptors (Lipinski definition) is 3. The molecular weight excluding hydrogens is 234 g/mol. The summed E-state index contributed by atoms with van der Waals surface area (Å²) in [6, 6.07) is 5.73. The first-order chi connectivity index (χ1) is 8.16. The number of thiophene rings is 1. The molecule has 0 fully saturated rings. The first-order valence-corrected chi connectivity index (χ1v) is 6.37. The fourth-order valence-electron chi connectivity index (χ4n) is 1.67. The molecule has 0 unspecified atom stereocenters. The number of nitrogens with one attached hydrogen (secondary N) is 1. The molecule has 1 N–H and O–H groups in total. The molecule has 0 atom stereocenters. The zero-order valence-electron chi connectivity index (χ0n) is 9.93. The van der Waals surface area contributed by atoms with Crippen molar-refractivity contribution in [3.8, 4) is 0 Å². The van der Waals surface area contributed by atoms with Gasteiger partial charge in [0.2, 0.25) is 0 Å². The average molecular weight is 249 g/mol. The molecule has 0 radical (unpaired) electrons. The van der Waals surface area contributed by atoms with Gasteiger partial charge in [-0.1, -0.05) is 6.07 Å². The lowest BCUT2D eigenvalue weighted by Gasteiger charge is -2.05. The average Bonchev–Trinajstić information content (AvgIpc) is 2.89. The Morgan fingerprint density at radius 2 is 2.35 bits per heavy atom. The maximum Gasteiger partial charge on any atom is 0.261 e. The Hall–Kier alpha value is -1.62. The van der Waals surface area contributed by atoms with Gasteiger partial charge in [-0.15, -0.1) is 11.3 Å². The van der Waals surface area contributed by atoms with Crippen LogP contribution in [-0.4, -0.2) is 22.2 Å². The molecule has 0 aliphatic heterocycles. The molecule has 0 aliphatic carbocycles. The molecule has 0 aliphatic rings. The number of aryl methyl sites for hydroxylation is 2. The van der Waals surface area contributed by atoms with Crippen LogP contribution in [0.25, 0.3) is 0 Å². The van der Waals surface area contributed by atoms with Crippen LogP contribution in [-0.2, 0) is 6.54 Å². The van der Waals surface area contributed by atoms with E-state index in [1.807, 2.05) is 42.1 Å². The van der Waals surface area contributed by atoms with E-state index in [0.29, 0.717) is 13.1 Å². The lowest BCUT2D eigenvalue weighted by Crippen LogP contribution is -2.27. The molecule has 2 aromatic rings. The zero-order chi connectivity index (χ0) is 12.3. The second-order valence-corrected chi connectivity index (χ2v) is 4.83. The first-order valence-electron chi connectivity index (χ1n) is 5.49. The third kappa shape index (κ3) is 2.94. The van der Waals surface area contributed by atoms with Crippen LogP contribution in [0.1, 0.15) is 21.1 Å². The summed E-state index contributed by atoms with van der Waals surface area (Å²) in [5.74, 6) is -0.0125. The Morgan fingerprint density at radius 1 is 1.53 bits per heavy atom. The second kappa shape index (κ2) is 5.14. The molecule has 17 heavy (non-hydrogen) atoms. The van der Waals surface area contributed by atoms with Gasteiger partial charge >= 0.3 is 0 Å². The van der Waals surface area contributed by atoms with E-state index in [1.54, 1.807) is 0 Å². The van der Waals surface area contributed by atoms with Crippen LogP contribution in [0.3, 0.4) is 0 Å². The first kappa shape index (κ1) is 11.9. The number of aromatic nitrogens is 2. The van der Waals surface area contributed by atoms with E-state index < -0.39 is 0 Å². The van der Waals surface area contributed by atoms with E-state index in [0.717, 1.165) is 16.3 Å². The fraction of sp³-hybridized carbons (Fsp3) is 0.333. The summed E-state index contributed by atoms with van der Waals surface area (Å²) >= 11 is 1.45. The van der Waals surface area contributed by atoms with E-state index in [2.05, 4.69) is 10.4 Å². The lowest BCUT2D eigenvalue weighted by molar-refractivity contribution is 0.0956. The van der Waals surface area contributed by atoms with Crippen molar-refractivity contribution in [3.05, 3.63) is 39.8 Å². The summed E-state index contributed by atoms with van der Waals surface area (Å²) in [7, 11) is 0. The van der Waals surface area contributed by atoms with Gasteiger partial charge in [0.05, 0.1) is 17.1 Å². The van der Waals surface area contributed by atoms with Gasteiger partial charge in [0.15, 0.2) is 0 Å². The van der Waals surface area contributed by atoms with Crippen LogP contribution in [0.4, 0.5) is 0 Å². The van der Waals surface area contributed by atoms with Crippen molar-refractivity contribution in [2.75, 3.05) is 6.54 Å². The lowest BCUT2D eigenvalue weighted by atomic mass is 10.4. The van der Waals surface area contributed by atoms with Crippen LogP contribution in [0.2, 0.25) is 0 Å². The molecule has 4 nitrogen and oxygen atoms in total. The summed E-state index contributed by atoms with van der Waals surface area (Å²) in [5, 5.41) is 9.12. The molecule has 0 saturated heterocycles. The van der Waals surface area contributed by atoms with Gasteiger partial charge in [-0.25, -0.2) is 0 Å². The van der Waals surface area contributed by atoms with E-state index in [9.17, 15) is 4.79 Å². The van der Waals surface area contributed by atoms with Crippen molar-refractivity contribution in [2.45, 2.75) is 20.4 Å². The zero-order valence-corrected chi connectivity index (χ0v) is 10.8. The number of carbonyl (C=O) groups excluding carboxylic acids is 1. The Morgan fingerprint density at radius 3 is 2.94 bits per heavy atom. The van der Waals surface area contributed by atoms with Gasteiger partial charge in [0, 0.05) is 12.2 Å².